The van der Waals surface area contributed by atoms with E-state index in [1.807, 2.05) is 25.2 Å². The fraction of sp³-hybridized carbons (Fsp3) is 0.500. The molecule has 90 valence electrons. The van der Waals surface area contributed by atoms with Crippen LogP contribution >= 0.6 is 0 Å². The number of benzene rings is 1. The Morgan fingerprint density at radius 1 is 1.31 bits per heavy atom. The van der Waals surface area contributed by atoms with Crippen molar-refractivity contribution in [2.75, 3.05) is 45.1 Å². The molecule has 0 fully saturated rings. The highest BCUT2D eigenvalue weighted by Crippen LogP contribution is 2.26. The monoisotopic (exact) mass is 224 g/mol. The Morgan fingerprint density at radius 2 is 2.06 bits per heavy atom. The van der Waals surface area contributed by atoms with Crippen LogP contribution in [0.3, 0.4) is 0 Å². The number of hydrogen-bond donors (Lipinski definition) is 1. The summed E-state index contributed by atoms with van der Waals surface area (Å²) >= 11 is 0. The zero-order valence-corrected chi connectivity index (χ0v) is 10.2. The van der Waals surface area contributed by atoms with Crippen LogP contribution in [0, 0.1) is 0 Å². The maximum atomic E-state index is 5.76. The number of methoxy groups -OCH3 is 2. The van der Waals surface area contributed by atoms with Gasteiger partial charge in [0.2, 0.25) is 0 Å². The molecule has 16 heavy (non-hydrogen) atoms. The Labute approximate surface area is 96.9 Å². The molecule has 0 saturated carbocycles. The summed E-state index contributed by atoms with van der Waals surface area (Å²) in [7, 11) is 5.38. The second-order valence-electron chi connectivity index (χ2n) is 3.69. The first-order chi connectivity index (χ1) is 7.69. The molecule has 1 aromatic carbocycles. The molecule has 0 atom stereocenters. The van der Waals surface area contributed by atoms with Crippen molar-refractivity contribution in [1.82, 2.24) is 0 Å². The van der Waals surface area contributed by atoms with E-state index in [-0.39, 0.29) is 0 Å². The molecule has 0 aromatic heterocycles. The summed E-state index contributed by atoms with van der Waals surface area (Å²) in [5.74, 6) is 0.719. The predicted octanol–water partition coefficient (Wildman–Crippen LogP) is 1.75. The smallest absolute Gasteiger partial charge is 0.143 e. The van der Waals surface area contributed by atoms with Crippen LogP contribution in [0.15, 0.2) is 18.2 Å². The fourth-order valence-electron chi connectivity index (χ4n) is 1.51. The van der Waals surface area contributed by atoms with Crippen molar-refractivity contribution in [3.8, 4) is 5.75 Å². The predicted molar refractivity (Wildman–Crippen MR) is 67.2 cm³/mol. The molecule has 0 aliphatic carbocycles. The number of anilines is 2. The second-order valence-corrected chi connectivity index (χ2v) is 3.69. The maximum Gasteiger partial charge on any atom is 0.143 e. The number of nitrogens with two attached hydrogens (primary N) is 1. The molecule has 1 rings (SSSR count). The molecular weight excluding hydrogens is 204 g/mol. The average molecular weight is 224 g/mol. The molecule has 4 nitrogen and oxygen atoms in total. The highest BCUT2D eigenvalue weighted by Gasteiger charge is 2.04. The van der Waals surface area contributed by atoms with Crippen LogP contribution in [0.5, 0.6) is 5.75 Å². The third kappa shape index (κ3) is 3.31. The van der Waals surface area contributed by atoms with E-state index in [4.69, 9.17) is 15.2 Å². The standard InChI is InChI=1S/C12H20N2O2/c1-14(7-4-8-15-2)10-5-6-11(13)12(9-10)16-3/h5-6,9H,4,7-8,13H2,1-3H3. The van der Waals surface area contributed by atoms with Gasteiger partial charge in [0.25, 0.3) is 0 Å². The summed E-state index contributed by atoms with van der Waals surface area (Å²) < 4.78 is 10.2. The number of rotatable bonds is 6. The fourth-order valence-corrected chi connectivity index (χ4v) is 1.51. The molecule has 0 saturated heterocycles. The Bertz CT molecular complexity index is 329. The van der Waals surface area contributed by atoms with Crippen LogP contribution in [-0.4, -0.2) is 34.4 Å². The molecule has 0 heterocycles. The first-order valence-corrected chi connectivity index (χ1v) is 5.32. The minimum atomic E-state index is 0.663. The van der Waals surface area contributed by atoms with Crippen LogP contribution in [0.25, 0.3) is 0 Å². The van der Waals surface area contributed by atoms with E-state index in [1.165, 1.54) is 0 Å². The van der Waals surface area contributed by atoms with Crippen molar-refractivity contribution in [2.24, 2.45) is 0 Å². The highest BCUT2D eigenvalue weighted by molar-refractivity contribution is 5.62. The van der Waals surface area contributed by atoms with Gasteiger partial charge in [-0.25, -0.2) is 0 Å². The SMILES string of the molecule is COCCCN(C)c1ccc(N)c(OC)c1. The zero-order chi connectivity index (χ0) is 12.0. The number of hydrogen-bond acceptors (Lipinski definition) is 4. The Morgan fingerprint density at radius 3 is 2.69 bits per heavy atom. The van der Waals surface area contributed by atoms with Crippen LogP contribution in [-0.2, 0) is 4.74 Å². The summed E-state index contributed by atoms with van der Waals surface area (Å²) in [5, 5.41) is 0. The van der Waals surface area contributed by atoms with Gasteiger partial charge in [-0.05, 0) is 18.6 Å². The largest absolute Gasteiger partial charge is 0.495 e. The van der Waals surface area contributed by atoms with Gasteiger partial charge in [0.05, 0.1) is 12.8 Å². The second kappa shape index (κ2) is 6.23. The normalized spacial score (nSPS) is 10.2. The lowest BCUT2D eigenvalue weighted by atomic mass is 10.2. The van der Waals surface area contributed by atoms with Gasteiger partial charge in [0.15, 0.2) is 0 Å². The topological polar surface area (TPSA) is 47.7 Å². The van der Waals surface area contributed by atoms with Crippen LogP contribution in [0.4, 0.5) is 11.4 Å². The van der Waals surface area contributed by atoms with E-state index in [1.54, 1.807) is 14.2 Å². The van der Waals surface area contributed by atoms with Crippen molar-refractivity contribution in [3.63, 3.8) is 0 Å². The van der Waals surface area contributed by atoms with E-state index < -0.39 is 0 Å². The summed E-state index contributed by atoms with van der Waals surface area (Å²) in [6.07, 6.45) is 1.000. The lowest BCUT2D eigenvalue weighted by Gasteiger charge is -2.20. The van der Waals surface area contributed by atoms with Crippen molar-refractivity contribution >= 4 is 11.4 Å². The Balaban J connectivity index is 2.64. The van der Waals surface area contributed by atoms with Crippen LogP contribution < -0.4 is 15.4 Å². The van der Waals surface area contributed by atoms with Gasteiger partial charge >= 0.3 is 0 Å². The van der Waals surface area contributed by atoms with Gasteiger partial charge in [-0.2, -0.15) is 0 Å². The third-order valence-electron chi connectivity index (χ3n) is 2.50. The summed E-state index contributed by atoms with van der Waals surface area (Å²) in [6, 6.07) is 5.80. The minimum absolute atomic E-state index is 0.663. The van der Waals surface area contributed by atoms with Crippen LogP contribution in [0.1, 0.15) is 6.42 Å². The van der Waals surface area contributed by atoms with Crippen molar-refractivity contribution < 1.29 is 9.47 Å². The maximum absolute atomic E-state index is 5.76. The third-order valence-corrected chi connectivity index (χ3v) is 2.50. The van der Waals surface area contributed by atoms with Crippen LogP contribution in [0.2, 0.25) is 0 Å². The van der Waals surface area contributed by atoms with E-state index in [2.05, 4.69) is 4.90 Å². The summed E-state index contributed by atoms with van der Waals surface area (Å²) in [4.78, 5) is 2.15. The molecule has 1 aromatic rings. The summed E-state index contributed by atoms with van der Waals surface area (Å²) in [6.45, 7) is 1.72. The molecular formula is C12H20N2O2. The van der Waals surface area contributed by atoms with E-state index >= 15 is 0 Å². The first kappa shape index (κ1) is 12.6. The van der Waals surface area contributed by atoms with Crippen molar-refractivity contribution in [1.29, 1.82) is 0 Å². The highest BCUT2D eigenvalue weighted by atomic mass is 16.5. The number of nitrogens with zero attached hydrogens (tertiary/aromatic N) is 1. The minimum Gasteiger partial charge on any atom is -0.495 e. The van der Waals surface area contributed by atoms with Crippen molar-refractivity contribution in [2.45, 2.75) is 6.42 Å². The van der Waals surface area contributed by atoms with E-state index in [0.717, 1.165) is 31.0 Å². The molecule has 0 bridgehead atoms. The average Bonchev–Trinajstić information content (AvgIpc) is 2.30. The number of ether oxygens (including phenoxy) is 2. The molecule has 2 N–H and O–H groups in total. The lowest BCUT2D eigenvalue weighted by molar-refractivity contribution is 0.196. The molecule has 0 unspecified atom stereocenters. The Kier molecular flexibility index (Phi) is 4.92. The first-order valence-electron chi connectivity index (χ1n) is 5.32. The van der Waals surface area contributed by atoms with Gasteiger partial charge in [-0.3, -0.25) is 0 Å². The van der Waals surface area contributed by atoms with Crippen molar-refractivity contribution in [3.05, 3.63) is 18.2 Å². The summed E-state index contributed by atoms with van der Waals surface area (Å²) in [5.41, 5.74) is 7.52. The van der Waals surface area contributed by atoms with Gasteiger partial charge in [-0.15, -0.1) is 0 Å². The molecule has 0 amide bonds. The quantitative estimate of drug-likeness (QED) is 0.590. The molecule has 0 spiro atoms. The Hall–Kier alpha value is -1.42. The zero-order valence-electron chi connectivity index (χ0n) is 10.2. The van der Waals surface area contributed by atoms with Gasteiger partial charge in [0.1, 0.15) is 5.75 Å². The number of nitrogen functional groups attached to an aromatic ring is 1. The van der Waals surface area contributed by atoms with E-state index in [0.29, 0.717) is 5.69 Å². The lowest BCUT2D eigenvalue weighted by Crippen LogP contribution is -2.19. The van der Waals surface area contributed by atoms with Gasteiger partial charge in [0, 0.05) is 39.1 Å². The molecule has 0 radical (unpaired) electrons. The molecule has 0 aliphatic heterocycles. The molecule has 0 aliphatic rings. The van der Waals surface area contributed by atoms with Gasteiger partial charge < -0.3 is 20.1 Å². The molecule has 4 heteroatoms. The van der Waals surface area contributed by atoms with E-state index in [9.17, 15) is 0 Å². The van der Waals surface area contributed by atoms with Gasteiger partial charge in [-0.1, -0.05) is 0 Å².